The van der Waals surface area contributed by atoms with E-state index >= 15 is 0 Å². The summed E-state index contributed by atoms with van der Waals surface area (Å²) in [6.07, 6.45) is 1.70. The first-order valence-corrected chi connectivity index (χ1v) is 6.07. The first-order chi connectivity index (χ1) is 8.45. The monoisotopic (exact) mass is 269 g/mol. The third-order valence-corrected chi connectivity index (χ3v) is 2.85. The van der Waals surface area contributed by atoms with Crippen LogP contribution in [0.5, 0.6) is 0 Å². The van der Waals surface area contributed by atoms with Crippen molar-refractivity contribution in [2.45, 2.75) is 4.90 Å². The second-order valence-electron chi connectivity index (χ2n) is 3.29. The number of benzene rings is 1. The molecular formula is C10H11N3O4S. The van der Waals surface area contributed by atoms with Crippen molar-refractivity contribution in [3.8, 4) is 0 Å². The zero-order chi connectivity index (χ0) is 13.7. The maximum absolute atomic E-state index is 11.6. The molecule has 0 spiro atoms. The highest BCUT2D eigenvalue weighted by molar-refractivity contribution is 7.98. The highest BCUT2D eigenvalue weighted by Crippen LogP contribution is 2.28. The van der Waals surface area contributed by atoms with Gasteiger partial charge in [0.15, 0.2) is 0 Å². The number of nitro groups is 1. The molecule has 0 aliphatic rings. The van der Waals surface area contributed by atoms with Crippen LogP contribution in [0.2, 0.25) is 0 Å². The molecule has 0 heterocycles. The normalized spacial score (nSPS) is 9.83. The molecule has 0 aliphatic carbocycles. The van der Waals surface area contributed by atoms with Crippen molar-refractivity contribution in [3.63, 3.8) is 0 Å². The maximum Gasteiger partial charge on any atom is 0.283 e. The number of amides is 2. The van der Waals surface area contributed by atoms with Crippen LogP contribution in [0.25, 0.3) is 0 Å². The van der Waals surface area contributed by atoms with Gasteiger partial charge in [-0.1, -0.05) is 0 Å². The Labute approximate surface area is 107 Å². The number of primary amides is 1. The molecule has 2 amide bonds. The molecular weight excluding hydrogens is 258 g/mol. The van der Waals surface area contributed by atoms with Gasteiger partial charge in [0, 0.05) is 11.6 Å². The van der Waals surface area contributed by atoms with E-state index in [0.29, 0.717) is 4.90 Å². The number of thioether (sulfide) groups is 1. The van der Waals surface area contributed by atoms with Crippen molar-refractivity contribution in [1.82, 2.24) is 5.32 Å². The Balaban J connectivity index is 2.97. The number of carbonyl (C=O) groups excluding carboxylic acids is 2. The molecule has 0 aromatic heterocycles. The van der Waals surface area contributed by atoms with E-state index in [0.717, 1.165) is 0 Å². The molecule has 1 rings (SSSR count). The molecule has 0 radical (unpaired) electrons. The molecule has 7 nitrogen and oxygen atoms in total. The lowest BCUT2D eigenvalue weighted by Crippen LogP contribution is -2.33. The molecule has 96 valence electrons. The Hall–Kier alpha value is -2.09. The summed E-state index contributed by atoms with van der Waals surface area (Å²) in [5, 5.41) is 13.1. The first kappa shape index (κ1) is 14.0. The predicted octanol–water partition coefficient (Wildman–Crippen LogP) is 0.532. The molecule has 0 unspecified atom stereocenters. The van der Waals surface area contributed by atoms with Crippen molar-refractivity contribution in [2.24, 2.45) is 5.73 Å². The average molecular weight is 269 g/mol. The summed E-state index contributed by atoms with van der Waals surface area (Å²) >= 11 is 1.21. The summed E-state index contributed by atoms with van der Waals surface area (Å²) < 4.78 is 0. The van der Waals surface area contributed by atoms with Crippen molar-refractivity contribution in [3.05, 3.63) is 33.9 Å². The van der Waals surface area contributed by atoms with Gasteiger partial charge in [-0.15, -0.1) is 11.8 Å². The van der Waals surface area contributed by atoms with Crippen molar-refractivity contribution < 1.29 is 14.5 Å². The average Bonchev–Trinajstić information content (AvgIpc) is 2.34. The smallest absolute Gasteiger partial charge is 0.283 e. The quantitative estimate of drug-likeness (QED) is 0.459. The molecule has 3 N–H and O–H groups in total. The second kappa shape index (κ2) is 6.01. The number of carbonyl (C=O) groups is 2. The standard InChI is InChI=1S/C10H11N3O4S/c1-18-8-3-2-6(4-7(8)13(16)17)10(15)12-5-9(11)14/h2-4H,5H2,1H3,(H2,11,14)(H,12,15). The number of nitrogens with zero attached hydrogens (tertiary/aromatic N) is 1. The Morgan fingerprint density at radius 1 is 1.50 bits per heavy atom. The molecule has 0 fully saturated rings. The largest absolute Gasteiger partial charge is 0.368 e. The fourth-order valence-electron chi connectivity index (χ4n) is 1.24. The summed E-state index contributed by atoms with van der Waals surface area (Å²) in [6.45, 7) is -0.309. The fraction of sp³-hybridized carbons (Fsp3) is 0.200. The summed E-state index contributed by atoms with van der Waals surface area (Å²) in [4.78, 5) is 32.8. The van der Waals surface area contributed by atoms with Gasteiger partial charge in [-0.3, -0.25) is 19.7 Å². The molecule has 0 saturated carbocycles. The second-order valence-corrected chi connectivity index (χ2v) is 4.14. The molecule has 1 aromatic rings. The number of nitro benzene ring substituents is 1. The van der Waals surface area contributed by atoms with Crippen molar-refractivity contribution >= 4 is 29.3 Å². The van der Waals surface area contributed by atoms with Gasteiger partial charge in [-0.25, -0.2) is 0 Å². The van der Waals surface area contributed by atoms with Crippen molar-refractivity contribution in [2.75, 3.05) is 12.8 Å². The fourth-order valence-corrected chi connectivity index (χ4v) is 1.79. The van der Waals surface area contributed by atoms with Gasteiger partial charge >= 0.3 is 0 Å². The summed E-state index contributed by atoms with van der Waals surface area (Å²) in [5.41, 5.74) is 4.84. The van der Waals surface area contributed by atoms with Crippen LogP contribution in [0.1, 0.15) is 10.4 Å². The van der Waals surface area contributed by atoms with E-state index < -0.39 is 16.7 Å². The number of nitrogens with two attached hydrogens (primary N) is 1. The molecule has 0 bridgehead atoms. The zero-order valence-electron chi connectivity index (χ0n) is 9.50. The van der Waals surface area contributed by atoms with Gasteiger partial charge < -0.3 is 11.1 Å². The molecule has 0 aliphatic heterocycles. The highest BCUT2D eigenvalue weighted by Gasteiger charge is 2.16. The Kier molecular flexibility index (Phi) is 4.67. The van der Waals surface area contributed by atoms with Gasteiger partial charge in [-0.2, -0.15) is 0 Å². The van der Waals surface area contributed by atoms with E-state index in [1.807, 2.05) is 0 Å². The van der Waals surface area contributed by atoms with E-state index in [4.69, 9.17) is 5.73 Å². The van der Waals surface area contributed by atoms with E-state index in [9.17, 15) is 19.7 Å². The minimum absolute atomic E-state index is 0.112. The lowest BCUT2D eigenvalue weighted by atomic mass is 10.2. The summed E-state index contributed by atoms with van der Waals surface area (Å²) in [5.74, 6) is -1.26. The van der Waals surface area contributed by atoms with Gasteiger partial charge in [0.25, 0.3) is 11.6 Å². The minimum atomic E-state index is -0.682. The van der Waals surface area contributed by atoms with Gasteiger partial charge in [0.2, 0.25) is 5.91 Å². The predicted molar refractivity (Wildman–Crippen MR) is 66.4 cm³/mol. The lowest BCUT2D eigenvalue weighted by Gasteiger charge is -2.04. The molecule has 0 saturated heterocycles. The van der Waals surface area contributed by atoms with Crippen LogP contribution in [0, 0.1) is 10.1 Å². The number of hydrogen-bond acceptors (Lipinski definition) is 5. The third-order valence-electron chi connectivity index (χ3n) is 2.06. The van der Waals surface area contributed by atoms with E-state index in [1.165, 1.54) is 30.0 Å². The zero-order valence-corrected chi connectivity index (χ0v) is 10.3. The van der Waals surface area contributed by atoms with Gasteiger partial charge in [0.1, 0.15) is 0 Å². The SMILES string of the molecule is CSc1ccc(C(=O)NCC(N)=O)cc1[N+](=O)[O-]. The Morgan fingerprint density at radius 3 is 2.67 bits per heavy atom. The topological polar surface area (TPSA) is 115 Å². The van der Waals surface area contributed by atoms with Crippen molar-refractivity contribution in [1.29, 1.82) is 0 Å². The van der Waals surface area contributed by atoms with E-state index in [1.54, 1.807) is 6.26 Å². The minimum Gasteiger partial charge on any atom is -0.368 e. The van der Waals surface area contributed by atoms with Crippen LogP contribution in [-0.4, -0.2) is 29.5 Å². The first-order valence-electron chi connectivity index (χ1n) is 4.84. The summed E-state index contributed by atoms with van der Waals surface area (Å²) in [7, 11) is 0. The Bertz CT molecular complexity index is 504. The lowest BCUT2D eigenvalue weighted by molar-refractivity contribution is -0.387. The molecule has 8 heteroatoms. The van der Waals surface area contributed by atoms with E-state index in [-0.39, 0.29) is 17.8 Å². The third kappa shape index (κ3) is 3.45. The number of nitrogens with one attached hydrogen (secondary N) is 1. The summed E-state index contributed by atoms with van der Waals surface area (Å²) in [6, 6.07) is 4.11. The van der Waals surface area contributed by atoms with Gasteiger partial charge in [0.05, 0.1) is 16.4 Å². The van der Waals surface area contributed by atoms with Crippen LogP contribution in [-0.2, 0) is 4.79 Å². The maximum atomic E-state index is 11.6. The number of rotatable bonds is 5. The van der Waals surface area contributed by atoms with Crippen LogP contribution < -0.4 is 11.1 Å². The highest BCUT2D eigenvalue weighted by atomic mass is 32.2. The molecule has 1 aromatic carbocycles. The van der Waals surface area contributed by atoms with Crippen LogP contribution in [0.3, 0.4) is 0 Å². The van der Waals surface area contributed by atoms with Gasteiger partial charge in [-0.05, 0) is 18.4 Å². The van der Waals surface area contributed by atoms with Crippen LogP contribution in [0.4, 0.5) is 5.69 Å². The Morgan fingerprint density at radius 2 is 2.17 bits per heavy atom. The van der Waals surface area contributed by atoms with Crippen LogP contribution in [0.15, 0.2) is 23.1 Å². The van der Waals surface area contributed by atoms with E-state index in [2.05, 4.69) is 5.32 Å². The van der Waals surface area contributed by atoms with Crippen LogP contribution >= 0.6 is 11.8 Å². The number of hydrogen-bond donors (Lipinski definition) is 2. The molecule has 0 atom stereocenters. The molecule has 18 heavy (non-hydrogen) atoms.